The van der Waals surface area contributed by atoms with E-state index in [1.807, 2.05) is 49.6 Å². The highest BCUT2D eigenvalue weighted by Crippen LogP contribution is 2.18. The van der Waals surface area contributed by atoms with Gasteiger partial charge in [-0.1, -0.05) is 12.1 Å². The molecule has 0 bridgehead atoms. The number of hydrogen-bond donors (Lipinski definition) is 0. The molecule has 0 saturated heterocycles. The van der Waals surface area contributed by atoms with Gasteiger partial charge in [-0.15, -0.1) is 11.3 Å². The van der Waals surface area contributed by atoms with Gasteiger partial charge in [0.2, 0.25) is 0 Å². The molecule has 3 aromatic rings. The molecule has 0 amide bonds. The lowest BCUT2D eigenvalue weighted by Gasteiger charge is -2.07. The number of ether oxygens (including phenoxy) is 1. The Morgan fingerprint density at radius 2 is 1.86 bits per heavy atom. The Kier molecular flexibility index (Phi) is 3.66. The minimum absolute atomic E-state index is 0.139. The van der Waals surface area contributed by atoms with Gasteiger partial charge in [0.05, 0.1) is 22.4 Å². The number of thiophene rings is 1. The molecule has 21 heavy (non-hydrogen) atoms. The van der Waals surface area contributed by atoms with E-state index in [1.54, 1.807) is 0 Å². The second-order valence-electron chi connectivity index (χ2n) is 4.75. The highest BCUT2D eigenvalue weighted by molar-refractivity contribution is 7.12. The molecule has 2 heterocycles. The van der Waals surface area contributed by atoms with E-state index in [4.69, 9.17) is 4.74 Å². The standard InChI is InChI=1S/C16H14N2O2S/c1-10-7-8-21-15(10)16(19)20-9-14-11(2)17-12-5-3-4-6-13(12)18-14/h3-8H,9H2,1-2H3. The Bertz CT molecular complexity index is 811. The second kappa shape index (κ2) is 5.61. The molecule has 0 radical (unpaired) electrons. The van der Waals surface area contributed by atoms with Crippen LogP contribution in [0.15, 0.2) is 35.7 Å². The Morgan fingerprint density at radius 3 is 2.52 bits per heavy atom. The summed E-state index contributed by atoms with van der Waals surface area (Å²) in [5, 5.41) is 1.88. The molecule has 3 rings (SSSR count). The highest BCUT2D eigenvalue weighted by Gasteiger charge is 2.13. The van der Waals surface area contributed by atoms with Crippen molar-refractivity contribution in [1.82, 2.24) is 9.97 Å². The number of carbonyl (C=O) groups is 1. The highest BCUT2D eigenvalue weighted by atomic mass is 32.1. The summed E-state index contributed by atoms with van der Waals surface area (Å²) >= 11 is 1.39. The van der Waals surface area contributed by atoms with Crippen LogP contribution in [-0.2, 0) is 11.3 Å². The van der Waals surface area contributed by atoms with Crippen molar-refractivity contribution in [3.63, 3.8) is 0 Å². The zero-order chi connectivity index (χ0) is 14.8. The first-order valence-corrected chi connectivity index (χ1v) is 7.46. The Balaban J connectivity index is 1.80. The fourth-order valence-corrected chi connectivity index (χ4v) is 2.86. The quantitative estimate of drug-likeness (QED) is 0.692. The van der Waals surface area contributed by atoms with Gasteiger partial charge < -0.3 is 4.74 Å². The molecule has 1 aromatic carbocycles. The number of nitrogens with zero attached hydrogens (tertiary/aromatic N) is 2. The topological polar surface area (TPSA) is 52.1 Å². The third-order valence-electron chi connectivity index (χ3n) is 3.23. The first kappa shape index (κ1) is 13.7. The van der Waals surface area contributed by atoms with E-state index in [0.29, 0.717) is 10.6 Å². The Hall–Kier alpha value is -2.27. The molecule has 0 aliphatic rings. The van der Waals surface area contributed by atoms with Crippen LogP contribution in [0.2, 0.25) is 0 Å². The Labute approximate surface area is 126 Å². The molecule has 0 saturated carbocycles. The fraction of sp³-hybridized carbons (Fsp3) is 0.188. The van der Waals surface area contributed by atoms with E-state index >= 15 is 0 Å². The van der Waals surface area contributed by atoms with Gasteiger partial charge in [-0.3, -0.25) is 0 Å². The van der Waals surface area contributed by atoms with E-state index in [-0.39, 0.29) is 12.6 Å². The van der Waals surface area contributed by atoms with Crippen LogP contribution >= 0.6 is 11.3 Å². The number of benzene rings is 1. The van der Waals surface area contributed by atoms with Crippen LogP contribution in [0.1, 0.15) is 26.6 Å². The fourth-order valence-electron chi connectivity index (χ4n) is 2.04. The van der Waals surface area contributed by atoms with Gasteiger partial charge in [-0.2, -0.15) is 0 Å². The van der Waals surface area contributed by atoms with Gasteiger partial charge in [0.1, 0.15) is 11.5 Å². The average Bonchev–Trinajstić information content (AvgIpc) is 2.91. The molecular formula is C16H14N2O2S. The number of carbonyl (C=O) groups excluding carboxylic acids is 1. The maximum atomic E-state index is 12.0. The molecule has 106 valence electrons. The first-order chi connectivity index (χ1) is 10.1. The van der Waals surface area contributed by atoms with Crippen LogP contribution < -0.4 is 0 Å². The average molecular weight is 298 g/mol. The molecule has 0 spiro atoms. The van der Waals surface area contributed by atoms with Gasteiger partial charge in [0, 0.05) is 0 Å². The lowest BCUT2D eigenvalue weighted by Crippen LogP contribution is -2.07. The molecular weight excluding hydrogens is 284 g/mol. The summed E-state index contributed by atoms with van der Waals surface area (Å²) < 4.78 is 5.35. The van der Waals surface area contributed by atoms with Crippen molar-refractivity contribution in [3.8, 4) is 0 Å². The van der Waals surface area contributed by atoms with E-state index in [9.17, 15) is 4.79 Å². The summed E-state index contributed by atoms with van der Waals surface area (Å²) in [6, 6.07) is 9.56. The number of aromatic nitrogens is 2. The third-order valence-corrected chi connectivity index (χ3v) is 4.23. The van der Waals surface area contributed by atoms with Gasteiger partial charge in [0.15, 0.2) is 0 Å². The molecule has 4 nitrogen and oxygen atoms in total. The van der Waals surface area contributed by atoms with Crippen molar-refractivity contribution >= 4 is 28.3 Å². The van der Waals surface area contributed by atoms with Gasteiger partial charge in [-0.25, -0.2) is 14.8 Å². The first-order valence-electron chi connectivity index (χ1n) is 6.58. The SMILES string of the molecule is Cc1ccsc1C(=O)OCc1nc2ccccc2nc1C. The molecule has 5 heteroatoms. The van der Waals surface area contributed by atoms with Crippen molar-refractivity contribution in [2.75, 3.05) is 0 Å². The molecule has 0 N–H and O–H groups in total. The largest absolute Gasteiger partial charge is 0.455 e. The van der Waals surface area contributed by atoms with Crippen molar-refractivity contribution in [3.05, 3.63) is 57.5 Å². The van der Waals surface area contributed by atoms with E-state index in [0.717, 1.165) is 22.3 Å². The van der Waals surface area contributed by atoms with E-state index < -0.39 is 0 Å². The number of hydrogen-bond acceptors (Lipinski definition) is 5. The van der Waals surface area contributed by atoms with Crippen LogP contribution in [0, 0.1) is 13.8 Å². The van der Waals surface area contributed by atoms with Crippen molar-refractivity contribution in [2.24, 2.45) is 0 Å². The zero-order valence-electron chi connectivity index (χ0n) is 11.8. The van der Waals surface area contributed by atoms with Crippen molar-refractivity contribution in [2.45, 2.75) is 20.5 Å². The number of aryl methyl sites for hydroxylation is 2. The number of rotatable bonds is 3. The molecule has 0 atom stereocenters. The predicted molar refractivity (Wildman–Crippen MR) is 82.5 cm³/mol. The summed E-state index contributed by atoms with van der Waals surface area (Å²) in [7, 11) is 0. The minimum atomic E-state index is -0.308. The molecule has 0 unspecified atom stereocenters. The minimum Gasteiger partial charge on any atom is -0.455 e. The summed E-state index contributed by atoms with van der Waals surface area (Å²) in [4.78, 5) is 21.7. The number of para-hydroxylation sites is 2. The molecule has 0 aliphatic heterocycles. The molecule has 0 fully saturated rings. The van der Waals surface area contributed by atoms with Crippen LogP contribution in [0.4, 0.5) is 0 Å². The lowest BCUT2D eigenvalue weighted by atomic mass is 10.2. The summed E-state index contributed by atoms with van der Waals surface area (Å²) in [6.07, 6.45) is 0. The van der Waals surface area contributed by atoms with E-state index in [2.05, 4.69) is 9.97 Å². The van der Waals surface area contributed by atoms with Gasteiger partial charge in [-0.05, 0) is 43.0 Å². The van der Waals surface area contributed by atoms with Crippen molar-refractivity contribution in [1.29, 1.82) is 0 Å². The number of fused-ring (bicyclic) bond motifs is 1. The maximum absolute atomic E-state index is 12.0. The van der Waals surface area contributed by atoms with Gasteiger partial charge >= 0.3 is 5.97 Å². The van der Waals surface area contributed by atoms with Crippen LogP contribution in [0.5, 0.6) is 0 Å². The van der Waals surface area contributed by atoms with Crippen LogP contribution in [0.25, 0.3) is 11.0 Å². The molecule has 0 aliphatic carbocycles. The van der Waals surface area contributed by atoms with Crippen LogP contribution in [0.3, 0.4) is 0 Å². The van der Waals surface area contributed by atoms with Crippen LogP contribution in [-0.4, -0.2) is 15.9 Å². The maximum Gasteiger partial charge on any atom is 0.348 e. The monoisotopic (exact) mass is 298 g/mol. The summed E-state index contributed by atoms with van der Waals surface area (Å²) in [5.41, 5.74) is 4.06. The third kappa shape index (κ3) is 2.78. The number of esters is 1. The summed E-state index contributed by atoms with van der Waals surface area (Å²) in [6.45, 7) is 3.91. The van der Waals surface area contributed by atoms with Gasteiger partial charge in [0.25, 0.3) is 0 Å². The Morgan fingerprint density at radius 1 is 1.14 bits per heavy atom. The second-order valence-corrected chi connectivity index (χ2v) is 5.67. The van der Waals surface area contributed by atoms with Crippen molar-refractivity contribution < 1.29 is 9.53 Å². The lowest BCUT2D eigenvalue weighted by molar-refractivity contribution is 0.0472. The predicted octanol–water partition coefficient (Wildman–Crippen LogP) is 3.67. The molecule has 2 aromatic heterocycles. The normalized spacial score (nSPS) is 10.8. The smallest absolute Gasteiger partial charge is 0.348 e. The summed E-state index contributed by atoms with van der Waals surface area (Å²) in [5.74, 6) is -0.308. The van der Waals surface area contributed by atoms with E-state index in [1.165, 1.54) is 11.3 Å². The zero-order valence-corrected chi connectivity index (χ0v) is 12.6.